The van der Waals surface area contributed by atoms with Gasteiger partial charge in [0.1, 0.15) is 5.54 Å². The summed E-state index contributed by atoms with van der Waals surface area (Å²) in [7, 11) is 0. The van der Waals surface area contributed by atoms with Gasteiger partial charge in [0.25, 0.3) is 0 Å². The lowest BCUT2D eigenvalue weighted by Gasteiger charge is -2.22. The summed E-state index contributed by atoms with van der Waals surface area (Å²) in [6.45, 7) is 2.95. The number of nitrogens with two attached hydrogens (primary N) is 1. The van der Waals surface area contributed by atoms with Gasteiger partial charge in [0.15, 0.2) is 0 Å². The van der Waals surface area contributed by atoms with Crippen LogP contribution in [0.4, 0.5) is 10.5 Å². The molecule has 0 aliphatic heterocycles. The number of primary amides is 1. The number of benzene rings is 1. The molecule has 0 spiro atoms. The molecule has 7 nitrogen and oxygen atoms in total. The van der Waals surface area contributed by atoms with Crippen molar-refractivity contribution in [2.45, 2.75) is 19.4 Å². The molecule has 3 amide bonds. The Morgan fingerprint density at radius 2 is 1.68 bits per heavy atom. The Hall–Kier alpha value is -2.57. The predicted molar refractivity (Wildman–Crippen MR) is 68.8 cm³/mol. The van der Waals surface area contributed by atoms with Gasteiger partial charge in [-0.3, -0.25) is 4.79 Å². The Balaban J connectivity index is 2.67. The van der Waals surface area contributed by atoms with Crippen molar-refractivity contribution in [1.29, 1.82) is 0 Å². The monoisotopic (exact) mass is 265 g/mol. The number of carboxylic acid groups (broad SMARTS) is 1. The van der Waals surface area contributed by atoms with Crippen molar-refractivity contribution < 1.29 is 19.5 Å². The smallest absolute Gasteiger partial charge is 0.335 e. The minimum atomic E-state index is -1.18. The average Bonchev–Trinajstić information content (AvgIpc) is 2.28. The molecule has 0 aliphatic carbocycles. The quantitative estimate of drug-likeness (QED) is 0.642. The molecule has 1 aromatic rings. The Kier molecular flexibility index (Phi) is 4.11. The Labute approximate surface area is 109 Å². The lowest BCUT2D eigenvalue weighted by atomic mass is 10.1. The second kappa shape index (κ2) is 5.38. The number of nitrogens with one attached hydrogen (secondary N) is 2. The highest BCUT2D eigenvalue weighted by molar-refractivity contribution is 5.95. The maximum Gasteiger partial charge on any atom is 0.335 e. The third kappa shape index (κ3) is 3.98. The van der Waals surface area contributed by atoms with Crippen molar-refractivity contribution >= 4 is 23.6 Å². The number of rotatable bonds is 4. The van der Waals surface area contributed by atoms with Crippen LogP contribution in [0.15, 0.2) is 24.3 Å². The maximum atomic E-state index is 11.6. The molecule has 0 saturated carbocycles. The summed E-state index contributed by atoms with van der Waals surface area (Å²) in [6.07, 6.45) is 0. The Morgan fingerprint density at radius 1 is 1.16 bits per heavy atom. The maximum absolute atomic E-state index is 11.6. The summed E-state index contributed by atoms with van der Waals surface area (Å²) in [5.41, 5.74) is 4.46. The number of carbonyl (C=O) groups excluding carboxylic acids is 2. The first-order chi connectivity index (χ1) is 8.72. The van der Waals surface area contributed by atoms with Crippen molar-refractivity contribution in [2.24, 2.45) is 5.73 Å². The summed E-state index contributed by atoms with van der Waals surface area (Å²) in [5.74, 6) is -1.71. The SMILES string of the molecule is CC(C)(NC(=O)Nc1ccc(C(=O)O)cc1)C(N)=O. The molecular formula is C12H15N3O4. The molecule has 19 heavy (non-hydrogen) atoms. The van der Waals surface area contributed by atoms with E-state index in [1.807, 2.05) is 0 Å². The van der Waals surface area contributed by atoms with Crippen molar-refractivity contribution in [3.05, 3.63) is 29.8 Å². The van der Waals surface area contributed by atoms with E-state index in [2.05, 4.69) is 10.6 Å². The molecule has 0 aromatic heterocycles. The van der Waals surface area contributed by atoms with Crippen LogP contribution in [0.25, 0.3) is 0 Å². The van der Waals surface area contributed by atoms with Crippen molar-refractivity contribution in [3.63, 3.8) is 0 Å². The molecule has 0 bridgehead atoms. The minimum absolute atomic E-state index is 0.114. The summed E-state index contributed by atoms with van der Waals surface area (Å²) < 4.78 is 0. The van der Waals surface area contributed by atoms with Gasteiger partial charge in [-0.15, -0.1) is 0 Å². The van der Waals surface area contributed by atoms with Crippen LogP contribution in [0, 0.1) is 0 Å². The van der Waals surface area contributed by atoms with E-state index in [0.29, 0.717) is 5.69 Å². The molecule has 1 aromatic carbocycles. The fraction of sp³-hybridized carbons (Fsp3) is 0.250. The van der Waals surface area contributed by atoms with E-state index in [4.69, 9.17) is 10.8 Å². The van der Waals surface area contributed by atoms with E-state index in [9.17, 15) is 14.4 Å². The van der Waals surface area contributed by atoms with Crippen molar-refractivity contribution in [3.8, 4) is 0 Å². The van der Waals surface area contributed by atoms with Crippen LogP contribution < -0.4 is 16.4 Å². The predicted octanol–water partition coefficient (Wildman–Crippen LogP) is 0.770. The molecule has 0 aliphatic rings. The van der Waals surface area contributed by atoms with Crippen LogP contribution in [0.1, 0.15) is 24.2 Å². The van der Waals surface area contributed by atoms with Crippen LogP contribution in [-0.2, 0) is 4.79 Å². The number of anilines is 1. The van der Waals surface area contributed by atoms with Gasteiger partial charge in [-0.05, 0) is 38.1 Å². The summed E-state index contributed by atoms with van der Waals surface area (Å²) in [5, 5.41) is 13.6. The Bertz CT molecular complexity index is 508. The third-order valence-electron chi connectivity index (χ3n) is 2.43. The fourth-order valence-electron chi connectivity index (χ4n) is 1.20. The highest BCUT2D eigenvalue weighted by Gasteiger charge is 2.26. The van der Waals surface area contributed by atoms with E-state index in [1.54, 1.807) is 0 Å². The van der Waals surface area contributed by atoms with E-state index in [-0.39, 0.29) is 5.56 Å². The molecule has 7 heteroatoms. The molecule has 0 unspecified atom stereocenters. The first kappa shape index (κ1) is 14.5. The molecule has 5 N–H and O–H groups in total. The molecule has 0 radical (unpaired) electrons. The van der Waals surface area contributed by atoms with Gasteiger partial charge in [0, 0.05) is 5.69 Å². The summed E-state index contributed by atoms with van der Waals surface area (Å²) in [6, 6.07) is 5.00. The number of carboxylic acids is 1. The van der Waals surface area contributed by atoms with Gasteiger partial charge in [-0.25, -0.2) is 9.59 Å². The largest absolute Gasteiger partial charge is 0.478 e. The second-order valence-corrected chi connectivity index (χ2v) is 4.45. The lowest BCUT2D eigenvalue weighted by molar-refractivity contribution is -0.122. The van der Waals surface area contributed by atoms with E-state index >= 15 is 0 Å². The van der Waals surface area contributed by atoms with Crippen LogP contribution in [0.3, 0.4) is 0 Å². The van der Waals surface area contributed by atoms with Gasteiger partial charge in [0.05, 0.1) is 5.56 Å². The molecule has 0 fully saturated rings. The first-order valence-electron chi connectivity index (χ1n) is 5.45. The zero-order chi connectivity index (χ0) is 14.6. The van der Waals surface area contributed by atoms with Crippen LogP contribution >= 0.6 is 0 Å². The van der Waals surface area contributed by atoms with Crippen LogP contribution in [0.5, 0.6) is 0 Å². The van der Waals surface area contributed by atoms with Gasteiger partial charge >= 0.3 is 12.0 Å². The van der Waals surface area contributed by atoms with Crippen molar-refractivity contribution in [2.75, 3.05) is 5.32 Å². The molecule has 0 heterocycles. The summed E-state index contributed by atoms with van der Waals surface area (Å²) >= 11 is 0. The molecule has 0 atom stereocenters. The van der Waals surface area contributed by atoms with E-state index in [0.717, 1.165) is 0 Å². The van der Waals surface area contributed by atoms with E-state index < -0.39 is 23.4 Å². The molecule has 0 saturated heterocycles. The van der Waals surface area contributed by atoms with Crippen LogP contribution in [0.2, 0.25) is 0 Å². The highest BCUT2D eigenvalue weighted by Crippen LogP contribution is 2.10. The molecule has 102 valence electrons. The zero-order valence-corrected chi connectivity index (χ0v) is 10.6. The molecular weight excluding hydrogens is 250 g/mol. The number of urea groups is 1. The lowest BCUT2D eigenvalue weighted by Crippen LogP contribution is -2.54. The zero-order valence-electron chi connectivity index (χ0n) is 10.6. The van der Waals surface area contributed by atoms with Crippen LogP contribution in [-0.4, -0.2) is 28.6 Å². The number of hydrogen-bond donors (Lipinski definition) is 4. The third-order valence-corrected chi connectivity index (χ3v) is 2.43. The Morgan fingerprint density at radius 3 is 2.11 bits per heavy atom. The minimum Gasteiger partial charge on any atom is -0.478 e. The number of amides is 3. The fourth-order valence-corrected chi connectivity index (χ4v) is 1.20. The topological polar surface area (TPSA) is 122 Å². The number of aromatic carboxylic acids is 1. The average molecular weight is 265 g/mol. The van der Waals surface area contributed by atoms with Gasteiger partial charge < -0.3 is 21.5 Å². The molecule has 1 rings (SSSR count). The number of hydrogen-bond acceptors (Lipinski definition) is 3. The first-order valence-corrected chi connectivity index (χ1v) is 5.45. The van der Waals surface area contributed by atoms with Gasteiger partial charge in [-0.2, -0.15) is 0 Å². The van der Waals surface area contributed by atoms with E-state index in [1.165, 1.54) is 38.1 Å². The standard InChI is InChI=1S/C12H15N3O4/c1-12(2,10(13)18)15-11(19)14-8-5-3-7(4-6-8)9(16)17/h3-6H,1-2H3,(H2,13,18)(H,16,17)(H2,14,15,19). The number of carbonyl (C=O) groups is 3. The van der Waals surface area contributed by atoms with Gasteiger partial charge in [-0.1, -0.05) is 0 Å². The van der Waals surface area contributed by atoms with Crippen molar-refractivity contribution in [1.82, 2.24) is 5.32 Å². The van der Waals surface area contributed by atoms with Gasteiger partial charge in [0.2, 0.25) is 5.91 Å². The normalized spacial score (nSPS) is 10.6. The summed E-state index contributed by atoms with van der Waals surface area (Å²) in [4.78, 5) is 33.3. The highest BCUT2D eigenvalue weighted by atomic mass is 16.4. The second-order valence-electron chi connectivity index (χ2n) is 4.45.